The van der Waals surface area contributed by atoms with Crippen molar-refractivity contribution in [2.24, 2.45) is 0 Å². The van der Waals surface area contributed by atoms with Crippen LogP contribution in [0.2, 0.25) is 0 Å². The monoisotopic (exact) mass is 403 g/mol. The molecule has 1 fully saturated rings. The average Bonchev–Trinajstić information content (AvgIpc) is 2.76. The largest absolute Gasteiger partial charge is 0.508 e. The number of benzene rings is 3. The van der Waals surface area contributed by atoms with E-state index in [0.717, 1.165) is 19.5 Å². The van der Waals surface area contributed by atoms with Crippen LogP contribution in [-0.4, -0.2) is 32.9 Å². The van der Waals surface area contributed by atoms with Crippen molar-refractivity contribution in [3.63, 3.8) is 0 Å². The molecular weight excluding hydrogens is 378 g/mol. The minimum absolute atomic E-state index is 0.00676. The summed E-state index contributed by atoms with van der Waals surface area (Å²) in [4.78, 5) is 15.6. The highest BCUT2D eigenvalue weighted by Crippen LogP contribution is 2.38. The van der Waals surface area contributed by atoms with Crippen LogP contribution in [0.15, 0.2) is 78.9 Å². The number of non-ortho nitro benzene ring substituents is 1. The molecule has 1 heterocycles. The molecule has 1 aliphatic rings. The molecule has 0 aliphatic carbocycles. The maximum Gasteiger partial charge on any atom is 0.270 e. The number of aromatic hydroxyl groups is 1. The maximum absolute atomic E-state index is 11.4. The zero-order valence-corrected chi connectivity index (χ0v) is 16.7. The van der Waals surface area contributed by atoms with Crippen LogP contribution >= 0.6 is 0 Å². The highest BCUT2D eigenvalue weighted by atomic mass is 16.6. The van der Waals surface area contributed by atoms with Gasteiger partial charge in [0.2, 0.25) is 0 Å². The fraction of sp³-hybridized carbons (Fsp3) is 0.250. The highest BCUT2D eigenvalue weighted by molar-refractivity contribution is 5.45. The standard InChI is InChI=1S/C24H25N3O3/c28-23-13-12-21(27(29)30)16-22(23)24-25(17-19-8-3-1-4-9-19)14-7-15-26(24)18-20-10-5-2-6-11-20/h1-6,8-13,16,24,28H,7,14-15,17-18H2. The van der Waals surface area contributed by atoms with Crippen molar-refractivity contribution in [3.8, 4) is 5.75 Å². The second-order valence-corrected chi connectivity index (χ2v) is 7.64. The summed E-state index contributed by atoms with van der Waals surface area (Å²) in [7, 11) is 0. The van der Waals surface area contributed by atoms with Crippen molar-refractivity contribution in [3.05, 3.63) is 106 Å². The normalized spacial score (nSPS) is 15.9. The van der Waals surface area contributed by atoms with E-state index in [-0.39, 0.29) is 17.6 Å². The van der Waals surface area contributed by atoms with Crippen LogP contribution in [0, 0.1) is 10.1 Å². The van der Waals surface area contributed by atoms with Crippen molar-refractivity contribution in [1.29, 1.82) is 0 Å². The van der Waals surface area contributed by atoms with Crippen LogP contribution in [-0.2, 0) is 13.1 Å². The average molecular weight is 403 g/mol. The molecule has 3 aromatic carbocycles. The summed E-state index contributed by atoms with van der Waals surface area (Å²) in [6, 6.07) is 24.7. The van der Waals surface area contributed by atoms with Crippen LogP contribution in [0.1, 0.15) is 29.3 Å². The lowest BCUT2D eigenvalue weighted by molar-refractivity contribution is -0.385. The predicted molar refractivity (Wildman–Crippen MR) is 116 cm³/mol. The number of nitro groups is 1. The van der Waals surface area contributed by atoms with E-state index in [1.807, 2.05) is 36.4 Å². The molecule has 1 saturated heterocycles. The molecule has 0 unspecified atom stereocenters. The second-order valence-electron chi connectivity index (χ2n) is 7.64. The fourth-order valence-electron chi connectivity index (χ4n) is 4.17. The first-order valence-corrected chi connectivity index (χ1v) is 10.1. The van der Waals surface area contributed by atoms with Crippen molar-refractivity contribution < 1.29 is 10.0 Å². The minimum Gasteiger partial charge on any atom is -0.508 e. The lowest BCUT2D eigenvalue weighted by atomic mass is 10.0. The van der Waals surface area contributed by atoms with E-state index < -0.39 is 4.92 Å². The Bertz CT molecular complexity index is 946. The van der Waals surface area contributed by atoms with E-state index in [9.17, 15) is 15.2 Å². The molecule has 6 nitrogen and oxygen atoms in total. The van der Waals surface area contributed by atoms with Gasteiger partial charge in [-0.3, -0.25) is 19.9 Å². The molecule has 0 spiro atoms. The third kappa shape index (κ3) is 4.50. The molecule has 0 saturated carbocycles. The zero-order chi connectivity index (χ0) is 20.9. The van der Waals surface area contributed by atoms with E-state index in [4.69, 9.17) is 0 Å². The number of hydrogen-bond donors (Lipinski definition) is 1. The van der Waals surface area contributed by atoms with Crippen LogP contribution in [0.3, 0.4) is 0 Å². The predicted octanol–water partition coefficient (Wildman–Crippen LogP) is 4.71. The van der Waals surface area contributed by atoms with E-state index in [1.165, 1.54) is 29.3 Å². The Labute approximate surface area is 176 Å². The van der Waals surface area contributed by atoms with Crippen LogP contribution in [0.4, 0.5) is 5.69 Å². The fourth-order valence-corrected chi connectivity index (χ4v) is 4.17. The Morgan fingerprint density at radius 3 is 1.90 bits per heavy atom. The molecule has 0 atom stereocenters. The quantitative estimate of drug-likeness (QED) is 0.477. The molecule has 6 heteroatoms. The van der Waals surface area contributed by atoms with Crippen LogP contribution < -0.4 is 0 Å². The number of hydrogen-bond acceptors (Lipinski definition) is 5. The van der Waals surface area contributed by atoms with Gasteiger partial charge in [-0.1, -0.05) is 60.7 Å². The van der Waals surface area contributed by atoms with Crippen molar-refractivity contribution in [2.45, 2.75) is 25.7 Å². The van der Waals surface area contributed by atoms with E-state index in [2.05, 4.69) is 34.1 Å². The van der Waals surface area contributed by atoms with E-state index >= 15 is 0 Å². The van der Waals surface area contributed by atoms with E-state index in [1.54, 1.807) is 0 Å². The number of nitrogens with zero attached hydrogens (tertiary/aromatic N) is 3. The molecule has 0 amide bonds. The van der Waals surface area contributed by atoms with Gasteiger partial charge in [-0.15, -0.1) is 0 Å². The molecule has 1 aliphatic heterocycles. The molecule has 0 aromatic heterocycles. The molecular formula is C24H25N3O3. The first kappa shape index (κ1) is 20.1. The summed E-state index contributed by atoms with van der Waals surface area (Å²) < 4.78 is 0. The summed E-state index contributed by atoms with van der Waals surface area (Å²) in [5.41, 5.74) is 2.92. The first-order valence-electron chi connectivity index (χ1n) is 10.1. The smallest absolute Gasteiger partial charge is 0.270 e. The number of rotatable bonds is 6. The summed E-state index contributed by atoms with van der Waals surface area (Å²) in [5, 5.41) is 22.0. The zero-order valence-electron chi connectivity index (χ0n) is 16.7. The van der Waals surface area contributed by atoms with Gasteiger partial charge < -0.3 is 5.11 Å². The van der Waals surface area contributed by atoms with Gasteiger partial charge in [0.05, 0.1) is 11.1 Å². The SMILES string of the molecule is O=[N+]([O-])c1ccc(O)c(C2N(Cc3ccccc3)CCCN2Cc2ccccc2)c1. The summed E-state index contributed by atoms with van der Waals surface area (Å²) in [6.45, 7) is 3.12. The Morgan fingerprint density at radius 2 is 1.40 bits per heavy atom. The first-order chi connectivity index (χ1) is 14.6. The molecule has 1 N–H and O–H groups in total. The van der Waals surface area contributed by atoms with Crippen LogP contribution in [0.5, 0.6) is 5.75 Å². The van der Waals surface area contributed by atoms with Gasteiger partial charge in [-0.25, -0.2) is 0 Å². The topological polar surface area (TPSA) is 69.8 Å². The molecule has 4 rings (SSSR count). The molecule has 3 aromatic rings. The van der Waals surface area contributed by atoms with Gasteiger partial charge in [0.15, 0.2) is 0 Å². The van der Waals surface area contributed by atoms with Gasteiger partial charge in [0, 0.05) is 43.9 Å². The molecule has 0 bridgehead atoms. The van der Waals surface area contributed by atoms with Gasteiger partial charge in [0.1, 0.15) is 5.75 Å². The minimum atomic E-state index is -0.408. The Hall–Kier alpha value is -3.22. The van der Waals surface area contributed by atoms with Gasteiger partial charge in [-0.2, -0.15) is 0 Å². The summed E-state index contributed by atoms with van der Waals surface area (Å²) in [5.74, 6) is 0.0867. The third-order valence-corrected chi connectivity index (χ3v) is 5.54. The molecule has 30 heavy (non-hydrogen) atoms. The van der Waals surface area contributed by atoms with Crippen molar-refractivity contribution >= 4 is 5.69 Å². The highest BCUT2D eigenvalue weighted by Gasteiger charge is 2.33. The van der Waals surface area contributed by atoms with Gasteiger partial charge in [-0.05, 0) is 23.6 Å². The number of phenols is 1. The molecule has 154 valence electrons. The second kappa shape index (κ2) is 9.07. The number of nitro benzene ring substituents is 1. The van der Waals surface area contributed by atoms with Crippen molar-refractivity contribution in [2.75, 3.05) is 13.1 Å². The third-order valence-electron chi connectivity index (χ3n) is 5.54. The van der Waals surface area contributed by atoms with E-state index in [0.29, 0.717) is 18.7 Å². The summed E-state index contributed by atoms with van der Waals surface area (Å²) in [6.07, 6.45) is 0.741. The maximum atomic E-state index is 11.4. The Balaban J connectivity index is 1.72. The molecule has 0 radical (unpaired) electrons. The Kier molecular flexibility index (Phi) is 6.07. The number of phenolic OH excluding ortho intramolecular Hbond substituents is 1. The van der Waals surface area contributed by atoms with Gasteiger partial charge >= 0.3 is 0 Å². The van der Waals surface area contributed by atoms with Crippen molar-refractivity contribution in [1.82, 2.24) is 9.80 Å². The Morgan fingerprint density at radius 1 is 0.867 bits per heavy atom. The lowest BCUT2D eigenvalue weighted by Crippen LogP contribution is -2.46. The van der Waals surface area contributed by atoms with Gasteiger partial charge in [0.25, 0.3) is 5.69 Å². The van der Waals surface area contributed by atoms with Crippen LogP contribution in [0.25, 0.3) is 0 Å². The lowest BCUT2D eigenvalue weighted by Gasteiger charge is -2.44. The summed E-state index contributed by atoms with van der Waals surface area (Å²) >= 11 is 0.